The molecular formula is C25H23N5OS. The Morgan fingerprint density at radius 1 is 0.969 bits per heavy atom. The van der Waals surface area contributed by atoms with Crippen molar-refractivity contribution in [2.45, 2.75) is 18.6 Å². The maximum Gasteiger partial charge on any atom is 0.234 e. The van der Waals surface area contributed by atoms with E-state index in [2.05, 4.69) is 45.3 Å². The third kappa shape index (κ3) is 3.65. The average Bonchev–Trinajstić information content (AvgIpc) is 3.38. The molecule has 0 saturated heterocycles. The number of fused-ring (bicyclic) bond motifs is 2. The lowest BCUT2D eigenvalue weighted by Gasteiger charge is -2.08. The van der Waals surface area contributed by atoms with Crippen molar-refractivity contribution in [2.75, 3.05) is 11.1 Å². The van der Waals surface area contributed by atoms with E-state index in [1.807, 2.05) is 66.2 Å². The molecule has 0 radical (unpaired) electrons. The summed E-state index contributed by atoms with van der Waals surface area (Å²) in [5, 5.41) is 15.8. The molecule has 160 valence electrons. The van der Waals surface area contributed by atoms with E-state index in [4.69, 9.17) is 0 Å². The molecule has 0 unspecified atom stereocenters. The Labute approximate surface area is 190 Å². The number of amides is 1. The molecule has 1 N–H and O–H groups in total. The van der Waals surface area contributed by atoms with Crippen LogP contribution in [0.5, 0.6) is 0 Å². The first-order chi connectivity index (χ1) is 15.7. The van der Waals surface area contributed by atoms with Gasteiger partial charge in [0.15, 0.2) is 11.0 Å². The highest BCUT2D eigenvalue weighted by Crippen LogP contribution is 2.31. The smallest absolute Gasteiger partial charge is 0.234 e. The van der Waals surface area contributed by atoms with Crippen LogP contribution in [0.15, 0.2) is 78.1 Å². The topological polar surface area (TPSA) is 64.7 Å². The number of nitrogens with one attached hydrogen (secondary N) is 1. The lowest BCUT2D eigenvalue weighted by molar-refractivity contribution is -0.113. The molecule has 0 aliphatic carbocycles. The monoisotopic (exact) mass is 441 g/mol. The van der Waals surface area contributed by atoms with Gasteiger partial charge in [0.1, 0.15) is 0 Å². The molecule has 5 rings (SSSR count). The molecule has 7 heteroatoms. The second kappa shape index (κ2) is 8.51. The van der Waals surface area contributed by atoms with Crippen LogP contribution in [-0.2, 0) is 18.4 Å². The summed E-state index contributed by atoms with van der Waals surface area (Å²) in [6.45, 7) is 3.01. The van der Waals surface area contributed by atoms with Gasteiger partial charge in [0, 0.05) is 47.3 Å². The molecule has 2 heterocycles. The number of anilines is 1. The first kappa shape index (κ1) is 20.3. The number of thioether (sulfide) groups is 1. The molecule has 0 atom stereocenters. The number of para-hydroxylation sites is 1. The first-order valence-electron chi connectivity index (χ1n) is 10.5. The highest BCUT2D eigenvalue weighted by molar-refractivity contribution is 7.99. The number of nitrogens with zero attached hydrogens (tertiary/aromatic N) is 4. The summed E-state index contributed by atoms with van der Waals surface area (Å²) in [6, 6.07) is 22.2. The summed E-state index contributed by atoms with van der Waals surface area (Å²) in [5.41, 5.74) is 3.04. The molecule has 0 aliphatic rings. The van der Waals surface area contributed by atoms with E-state index in [1.54, 1.807) is 0 Å². The van der Waals surface area contributed by atoms with Crippen molar-refractivity contribution in [1.29, 1.82) is 0 Å². The summed E-state index contributed by atoms with van der Waals surface area (Å²) < 4.78 is 4.17. The van der Waals surface area contributed by atoms with Crippen molar-refractivity contribution in [3.8, 4) is 11.4 Å². The number of rotatable bonds is 6. The van der Waals surface area contributed by atoms with Crippen LogP contribution in [0.2, 0.25) is 0 Å². The third-order valence-electron chi connectivity index (χ3n) is 5.60. The maximum absolute atomic E-state index is 12.6. The van der Waals surface area contributed by atoms with E-state index >= 15 is 0 Å². The standard InChI is InChI=1S/C25H23N5OS/c1-3-30-15-20(19-12-6-7-14-22(19)30)24-27-28-25(29(24)2)32-16-23(31)26-21-13-8-10-17-9-4-5-11-18(17)21/h4-15H,3,16H2,1-2H3,(H,26,31). The second-order valence-electron chi connectivity index (χ2n) is 7.57. The maximum atomic E-state index is 12.6. The molecule has 1 amide bonds. The number of hydrogen-bond donors (Lipinski definition) is 1. The fourth-order valence-electron chi connectivity index (χ4n) is 4.01. The molecule has 5 aromatic rings. The van der Waals surface area contributed by atoms with Crippen molar-refractivity contribution in [2.24, 2.45) is 7.05 Å². The zero-order chi connectivity index (χ0) is 22.1. The Hall–Kier alpha value is -3.58. The van der Waals surface area contributed by atoms with E-state index in [-0.39, 0.29) is 11.7 Å². The SMILES string of the molecule is CCn1cc(-c2nnc(SCC(=O)Nc3cccc4ccccc34)n2C)c2ccccc21. The Morgan fingerprint density at radius 2 is 1.72 bits per heavy atom. The molecule has 0 bridgehead atoms. The predicted octanol–water partition coefficient (Wildman–Crippen LogP) is 5.34. The van der Waals surface area contributed by atoms with Gasteiger partial charge < -0.3 is 14.5 Å². The molecule has 6 nitrogen and oxygen atoms in total. The van der Waals surface area contributed by atoms with E-state index < -0.39 is 0 Å². The number of carbonyl (C=O) groups excluding carboxylic acids is 1. The fourth-order valence-corrected chi connectivity index (χ4v) is 4.72. The Bertz CT molecular complexity index is 1430. The third-order valence-corrected chi connectivity index (χ3v) is 6.62. The largest absolute Gasteiger partial charge is 0.347 e. The highest BCUT2D eigenvalue weighted by Gasteiger charge is 2.17. The summed E-state index contributed by atoms with van der Waals surface area (Å²) in [7, 11) is 1.94. The highest BCUT2D eigenvalue weighted by atomic mass is 32.2. The van der Waals surface area contributed by atoms with E-state index in [0.29, 0.717) is 5.16 Å². The van der Waals surface area contributed by atoms with Gasteiger partial charge in [-0.2, -0.15) is 0 Å². The van der Waals surface area contributed by atoms with Crippen LogP contribution in [0.4, 0.5) is 5.69 Å². The fraction of sp³-hybridized carbons (Fsp3) is 0.160. The predicted molar refractivity (Wildman–Crippen MR) is 131 cm³/mol. The Balaban J connectivity index is 1.34. The van der Waals surface area contributed by atoms with Crippen LogP contribution in [-0.4, -0.2) is 31.0 Å². The van der Waals surface area contributed by atoms with Gasteiger partial charge >= 0.3 is 0 Å². The van der Waals surface area contributed by atoms with Crippen molar-refractivity contribution in [3.05, 3.63) is 72.9 Å². The van der Waals surface area contributed by atoms with Crippen LogP contribution in [0.25, 0.3) is 33.1 Å². The molecule has 32 heavy (non-hydrogen) atoms. The zero-order valence-electron chi connectivity index (χ0n) is 17.9. The minimum absolute atomic E-state index is 0.0708. The van der Waals surface area contributed by atoms with Crippen LogP contribution < -0.4 is 5.32 Å². The van der Waals surface area contributed by atoms with Gasteiger partial charge in [-0.05, 0) is 24.4 Å². The summed E-state index contributed by atoms with van der Waals surface area (Å²) >= 11 is 1.38. The molecule has 3 aromatic carbocycles. The molecule has 2 aromatic heterocycles. The molecule has 0 fully saturated rings. The summed E-state index contributed by atoms with van der Waals surface area (Å²) in [5.74, 6) is 0.982. The number of aromatic nitrogens is 4. The van der Waals surface area contributed by atoms with Gasteiger partial charge in [0.2, 0.25) is 5.91 Å². The minimum Gasteiger partial charge on any atom is -0.347 e. The van der Waals surface area contributed by atoms with Crippen molar-refractivity contribution in [1.82, 2.24) is 19.3 Å². The van der Waals surface area contributed by atoms with E-state index in [9.17, 15) is 4.79 Å². The number of aryl methyl sites for hydroxylation is 1. The first-order valence-corrected chi connectivity index (χ1v) is 11.5. The molecule has 0 aliphatic heterocycles. The van der Waals surface area contributed by atoms with Crippen molar-refractivity contribution < 1.29 is 4.79 Å². The average molecular weight is 442 g/mol. The van der Waals surface area contributed by atoms with Crippen molar-refractivity contribution >= 4 is 45.0 Å². The zero-order valence-corrected chi connectivity index (χ0v) is 18.8. The Kier molecular flexibility index (Phi) is 5.41. The summed E-state index contributed by atoms with van der Waals surface area (Å²) in [4.78, 5) is 12.6. The minimum atomic E-state index is -0.0708. The summed E-state index contributed by atoms with van der Waals surface area (Å²) in [6.07, 6.45) is 2.12. The lowest BCUT2D eigenvalue weighted by Crippen LogP contribution is -2.14. The number of carbonyl (C=O) groups is 1. The van der Waals surface area contributed by atoms with E-state index in [1.165, 1.54) is 17.3 Å². The van der Waals surface area contributed by atoms with Gasteiger partial charge in [-0.25, -0.2) is 0 Å². The van der Waals surface area contributed by atoms with Gasteiger partial charge in [0.25, 0.3) is 0 Å². The van der Waals surface area contributed by atoms with Crippen molar-refractivity contribution in [3.63, 3.8) is 0 Å². The van der Waals surface area contributed by atoms with Crippen LogP contribution in [0.1, 0.15) is 6.92 Å². The number of hydrogen-bond acceptors (Lipinski definition) is 4. The van der Waals surface area contributed by atoms with Gasteiger partial charge in [-0.1, -0.05) is 66.4 Å². The van der Waals surface area contributed by atoms with Crippen LogP contribution in [0.3, 0.4) is 0 Å². The van der Waals surface area contributed by atoms with E-state index in [0.717, 1.165) is 39.8 Å². The second-order valence-corrected chi connectivity index (χ2v) is 8.52. The normalized spacial score (nSPS) is 11.3. The number of benzene rings is 3. The van der Waals surface area contributed by atoms with Crippen LogP contribution in [0, 0.1) is 0 Å². The van der Waals surface area contributed by atoms with Gasteiger partial charge in [-0.3, -0.25) is 4.79 Å². The quantitative estimate of drug-likeness (QED) is 0.361. The lowest BCUT2D eigenvalue weighted by atomic mass is 10.1. The van der Waals surface area contributed by atoms with Gasteiger partial charge in [0.05, 0.1) is 5.75 Å². The van der Waals surface area contributed by atoms with Crippen LogP contribution >= 0.6 is 11.8 Å². The van der Waals surface area contributed by atoms with Gasteiger partial charge in [-0.15, -0.1) is 10.2 Å². The molecular weight excluding hydrogens is 418 g/mol. The molecule has 0 spiro atoms. The molecule has 0 saturated carbocycles. The Morgan fingerprint density at radius 3 is 2.56 bits per heavy atom.